The van der Waals surface area contributed by atoms with E-state index in [1.165, 1.54) is 0 Å². The van der Waals surface area contributed by atoms with E-state index in [1.54, 1.807) is 13.0 Å². The third-order valence-electron chi connectivity index (χ3n) is 2.02. The molecule has 0 saturated heterocycles. The number of carbonyl (C=O) groups excluding carboxylic acids is 2. The highest BCUT2D eigenvalue weighted by atomic mass is 16.5. The Hall–Kier alpha value is -2.04. The predicted octanol–water partition coefficient (Wildman–Crippen LogP) is 0.931. The van der Waals surface area contributed by atoms with E-state index in [1.807, 2.05) is 25.1 Å². The molecule has 0 aliphatic carbocycles. The van der Waals surface area contributed by atoms with Gasteiger partial charge in [0.15, 0.2) is 6.61 Å². The molecule has 0 heterocycles. The standard InChI is InChI=1S/C12H16N2O3/c1-3-11(15)13-14-12(16)8-17-10-6-4-5-9(2)7-10/h4-7H,3,8H2,1-2H3,(H,13,15)(H,14,16). The maximum absolute atomic E-state index is 11.3. The van der Waals surface area contributed by atoms with Crippen LogP contribution in [0.15, 0.2) is 24.3 Å². The molecule has 0 unspecified atom stereocenters. The molecule has 0 saturated carbocycles. The molecule has 17 heavy (non-hydrogen) atoms. The fourth-order valence-electron chi connectivity index (χ4n) is 1.12. The van der Waals surface area contributed by atoms with Crippen LogP contribution in [0.1, 0.15) is 18.9 Å². The summed E-state index contributed by atoms with van der Waals surface area (Å²) in [6, 6.07) is 7.39. The van der Waals surface area contributed by atoms with Crippen molar-refractivity contribution in [3.8, 4) is 5.75 Å². The highest BCUT2D eigenvalue weighted by Crippen LogP contribution is 2.11. The zero-order chi connectivity index (χ0) is 12.7. The van der Waals surface area contributed by atoms with Gasteiger partial charge in [-0.15, -0.1) is 0 Å². The van der Waals surface area contributed by atoms with Crippen LogP contribution in [0.25, 0.3) is 0 Å². The van der Waals surface area contributed by atoms with E-state index in [0.29, 0.717) is 12.2 Å². The lowest BCUT2D eigenvalue weighted by molar-refractivity contribution is -0.129. The van der Waals surface area contributed by atoms with Gasteiger partial charge in [0.1, 0.15) is 5.75 Å². The third kappa shape index (κ3) is 5.01. The molecule has 0 radical (unpaired) electrons. The van der Waals surface area contributed by atoms with Crippen molar-refractivity contribution in [3.63, 3.8) is 0 Å². The SMILES string of the molecule is CCC(=O)NNC(=O)COc1cccc(C)c1. The van der Waals surface area contributed by atoms with Gasteiger partial charge in [-0.3, -0.25) is 20.4 Å². The van der Waals surface area contributed by atoms with E-state index in [-0.39, 0.29) is 12.5 Å². The van der Waals surface area contributed by atoms with Gasteiger partial charge in [0.05, 0.1) is 0 Å². The van der Waals surface area contributed by atoms with Crippen LogP contribution < -0.4 is 15.6 Å². The van der Waals surface area contributed by atoms with Gasteiger partial charge >= 0.3 is 0 Å². The van der Waals surface area contributed by atoms with E-state index >= 15 is 0 Å². The molecule has 5 nitrogen and oxygen atoms in total. The van der Waals surface area contributed by atoms with Gasteiger partial charge in [0.2, 0.25) is 5.91 Å². The smallest absolute Gasteiger partial charge is 0.276 e. The van der Waals surface area contributed by atoms with Crippen LogP contribution in [0, 0.1) is 6.92 Å². The van der Waals surface area contributed by atoms with Crippen molar-refractivity contribution in [2.75, 3.05) is 6.61 Å². The van der Waals surface area contributed by atoms with Crippen molar-refractivity contribution in [2.45, 2.75) is 20.3 Å². The largest absolute Gasteiger partial charge is 0.484 e. The molecule has 2 amide bonds. The predicted molar refractivity (Wildman–Crippen MR) is 63.3 cm³/mol. The number of hydrazine groups is 1. The Kier molecular flexibility index (Phi) is 5.00. The van der Waals surface area contributed by atoms with Crippen LogP contribution >= 0.6 is 0 Å². The molecular weight excluding hydrogens is 220 g/mol. The van der Waals surface area contributed by atoms with Crippen molar-refractivity contribution in [1.82, 2.24) is 10.9 Å². The minimum Gasteiger partial charge on any atom is -0.484 e. The molecule has 92 valence electrons. The zero-order valence-electron chi connectivity index (χ0n) is 9.95. The maximum Gasteiger partial charge on any atom is 0.276 e. The fraction of sp³-hybridized carbons (Fsp3) is 0.333. The quantitative estimate of drug-likeness (QED) is 0.764. The lowest BCUT2D eigenvalue weighted by Gasteiger charge is -2.08. The van der Waals surface area contributed by atoms with Crippen LogP contribution in [0.3, 0.4) is 0 Å². The van der Waals surface area contributed by atoms with Gasteiger partial charge in [0, 0.05) is 6.42 Å². The molecule has 0 aliphatic rings. The molecule has 5 heteroatoms. The van der Waals surface area contributed by atoms with Gasteiger partial charge in [-0.2, -0.15) is 0 Å². The second kappa shape index (κ2) is 6.52. The maximum atomic E-state index is 11.3. The Morgan fingerprint density at radius 2 is 1.94 bits per heavy atom. The van der Waals surface area contributed by atoms with Gasteiger partial charge in [-0.25, -0.2) is 0 Å². The average Bonchev–Trinajstić information content (AvgIpc) is 2.33. The van der Waals surface area contributed by atoms with E-state index in [9.17, 15) is 9.59 Å². The summed E-state index contributed by atoms with van der Waals surface area (Å²) in [6.07, 6.45) is 0.318. The molecule has 0 bridgehead atoms. The zero-order valence-corrected chi connectivity index (χ0v) is 9.95. The van der Waals surface area contributed by atoms with Crippen molar-refractivity contribution >= 4 is 11.8 Å². The topological polar surface area (TPSA) is 67.4 Å². The summed E-state index contributed by atoms with van der Waals surface area (Å²) < 4.78 is 5.25. The normalized spacial score (nSPS) is 9.53. The Morgan fingerprint density at radius 1 is 1.24 bits per heavy atom. The van der Waals surface area contributed by atoms with Gasteiger partial charge in [0.25, 0.3) is 5.91 Å². The number of hydrogen-bond donors (Lipinski definition) is 2. The summed E-state index contributed by atoms with van der Waals surface area (Å²) in [5, 5.41) is 0. The lowest BCUT2D eigenvalue weighted by atomic mass is 10.2. The minimum absolute atomic E-state index is 0.132. The molecule has 0 spiro atoms. The van der Waals surface area contributed by atoms with E-state index < -0.39 is 5.91 Å². The Labute approximate surface area is 100 Å². The number of aryl methyl sites for hydroxylation is 1. The lowest BCUT2D eigenvalue weighted by Crippen LogP contribution is -2.43. The number of benzene rings is 1. The van der Waals surface area contributed by atoms with Gasteiger partial charge in [-0.05, 0) is 24.6 Å². The average molecular weight is 236 g/mol. The third-order valence-corrected chi connectivity index (χ3v) is 2.02. The highest BCUT2D eigenvalue weighted by Gasteiger charge is 2.03. The second-order valence-electron chi connectivity index (χ2n) is 3.56. The number of nitrogens with one attached hydrogen (secondary N) is 2. The fourth-order valence-corrected chi connectivity index (χ4v) is 1.12. The van der Waals surface area contributed by atoms with E-state index in [4.69, 9.17) is 4.74 Å². The van der Waals surface area contributed by atoms with Crippen molar-refractivity contribution in [2.24, 2.45) is 0 Å². The first kappa shape index (κ1) is 13.0. The number of amides is 2. The van der Waals surface area contributed by atoms with Gasteiger partial charge < -0.3 is 4.74 Å². The first-order valence-electron chi connectivity index (χ1n) is 5.39. The number of rotatable bonds is 4. The first-order chi connectivity index (χ1) is 8.11. The van der Waals surface area contributed by atoms with Crippen molar-refractivity contribution in [1.29, 1.82) is 0 Å². The van der Waals surface area contributed by atoms with Crippen LogP contribution in [0.4, 0.5) is 0 Å². The summed E-state index contributed by atoms with van der Waals surface area (Å²) in [7, 11) is 0. The molecule has 0 atom stereocenters. The van der Waals surface area contributed by atoms with Crippen molar-refractivity contribution in [3.05, 3.63) is 29.8 Å². The van der Waals surface area contributed by atoms with Crippen LogP contribution in [0.2, 0.25) is 0 Å². The Morgan fingerprint density at radius 3 is 2.59 bits per heavy atom. The number of carbonyl (C=O) groups is 2. The molecule has 2 N–H and O–H groups in total. The summed E-state index contributed by atoms with van der Waals surface area (Å²) in [5.41, 5.74) is 5.57. The summed E-state index contributed by atoms with van der Waals surface area (Å²) in [4.78, 5) is 22.1. The Balaban J connectivity index is 2.31. The van der Waals surface area contributed by atoms with E-state index in [2.05, 4.69) is 10.9 Å². The van der Waals surface area contributed by atoms with E-state index in [0.717, 1.165) is 5.56 Å². The summed E-state index contributed by atoms with van der Waals surface area (Å²) in [6.45, 7) is 3.51. The van der Waals surface area contributed by atoms with Gasteiger partial charge in [-0.1, -0.05) is 19.1 Å². The Bertz CT molecular complexity index is 404. The number of hydrogen-bond acceptors (Lipinski definition) is 3. The molecule has 1 rings (SSSR count). The molecule has 0 fully saturated rings. The molecule has 0 aromatic heterocycles. The summed E-state index contributed by atoms with van der Waals surface area (Å²) in [5.74, 6) is -0.0100. The molecule has 0 aliphatic heterocycles. The van der Waals surface area contributed by atoms with Crippen molar-refractivity contribution < 1.29 is 14.3 Å². The monoisotopic (exact) mass is 236 g/mol. The van der Waals surface area contributed by atoms with Crippen LogP contribution in [-0.2, 0) is 9.59 Å². The molecular formula is C12H16N2O3. The van der Waals surface area contributed by atoms with Crippen LogP contribution in [-0.4, -0.2) is 18.4 Å². The summed E-state index contributed by atoms with van der Waals surface area (Å²) >= 11 is 0. The van der Waals surface area contributed by atoms with Crippen LogP contribution in [0.5, 0.6) is 5.75 Å². The second-order valence-corrected chi connectivity index (χ2v) is 3.56. The highest BCUT2D eigenvalue weighted by molar-refractivity contribution is 5.82. The number of ether oxygens (including phenoxy) is 1. The molecule has 1 aromatic rings. The first-order valence-corrected chi connectivity index (χ1v) is 5.39. The molecule has 1 aromatic carbocycles. The minimum atomic E-state index is -0.395.